The van der Waals surface area contributed by atoms with Crippen molar-refractivity contribution in [3.63, 3.8) is 0 Å². The zero-order chi connectivity index (χ0) is 19.7. The van der Waals surface area contributed by atoms with E-state index in [4.69, 9.17) is 0 Å². The summed E-state index contributed by atoms with van der Waals surface area (Å²) in [6.07, 6.45) is 0. The van der Waals surface area contributed by atoms with E-state index in [1.54, 1.807) is 0 Å². The van der Waals surface area contributed by atoms with Crippen LogP contribution in [-0.2, 0) is 19.1 Å². The molecule has 0 aliphatic heterocycles. The molecule has 2 N–H and O–H groups in total. The summed E-state index contributed by atoms with van der Waals surface area (Å²) in [5.74, 6) is -8.07. The van der Waals surface area contributed by atoms with E-state index in [0.29, 0.717) is 0 Å². The van der Waals surface area contributed by atoms with Gasteiger partial charge in [0.25, 0.3) is 0 Å². The molecular formula is C17H13FN2O6. The largest absolute Gasteiger partial charge is 0.466 e. The van der Waals surface area contributed by atoms with Crippen molar-refractivity contribution < 1.29 is 33.7 Å². The highest BCUT2D eigenvalue weighted by Gasteiger charge is 2.69. The maximum absolute atomic E-state index is 13.3. The summed E-state index contributed by atoms with van der Waals surface area (Å²) in [6.45, 7) is 0. The first kappa shape index (κ1) is 19.1. The van der Waals surface area contributed by atoms with Crippen molar-refractivity contribution in [2.45, 2.75) is 11.7 Å². The van der Waals surface area contributed by atoms with Crippen LogP contribution in [0.1, 0.15) is 11.5 Å². The normalized spacial score (nSPS) is 20.0. The molecule has 2 rings (SSSR count). The summed E-state index contributed by atoms with van der Waals surface area (Å²) in [5.41, 5.74) is -4.26. The summed E-state index contributed by atoms with van der Waals surface area (Å²) in [4.78, 5) is 24.4. The number of nitriles is 2. The van der Waals surface area contributed by atoms with E-state index in [1.807, 2.05) is 0 Å². The predicted octanol–water partition coefficient (Wildman–Crippen LogP) is 0.280. The predicted molar refractivity (Wildman–Crippen MR) is 81.0 cm³/mol. The molecule has 1 unspecified atom stereocenters. The van der Waals surface area contributed by atoms with Crippen LogP contribution in [0.5, 0.6) is 0 Å². The monoisotopic (exact) mass is 360 g/mol. The van der Waals surface area contributed by atoms with Crippen LogP contribution in [0.2, 0.25) is 0 Å². The van der Waals surface area contributed by atoms with Gasteiger partial charge in [0.15, 0.2) is 0 Å². The lowest BCUT2D eigenvalue weighted by Crippen LogP contribution is -2.48. The Morgan fingerprint density at radius 3 is 2.00 bits per heavy atom. The van der Waals surface area contributed by atoms with Crippen LogP contribution in [0.3, 0.4) is 0 Å². The lowest BCUT2D eigenvalue weighted by molar-refractivity contribution is -0.181. The molecule has 0 amide bonds. The van der Waals surface area contributed by atoms with Crippen molar-refractivity contribution >= 4 is 11.9 Å². The number of hydrogen-bond donors (Lipinski definition) is 2. The summed E-state index contributed by atoms with van der Waals surface area (Å²) in [7, 11) is 1.90. The fourth-order valence-electron chi connectivity index (χ4n) is 3.01. The zero-order valence-corrected chi connectivity index (χ0v) is 13.7. The van der Waals surface area contributed by atoms with Crippen molar-refractivity contribution in [2.75, 3.05) is 14.2 Å². The Bertz CT molecular complexity index is 862. The summed E-state index contributed by atoms with van der Waals surface area (Å²) in [6, 6.07) is 7.28. The van der Waals surface area contributed by atoms with E-state index in [1.165, 1.54) is 12.1 Å². The third-order valence-electron chi connectivity index (χ3n) is 4.24. The van der Waals surface area contributed by atoms with Crippen LogP contribution < -0.4 is 0 Å². The van der Waals surface area contributed by atoms with Crippen LogP contribution in [0.25, 0.3) is 0 Å². The lowest BCUT2D eigenvalue weighted by Gasteiger charge is -2.31. The van der Waals surface area contributed by atoms with Gasteiger partial charge in [-0.15, -0.1) is 0 Å². The molecule has 0 fully saturated rings. The van der Waals surface area contributed by atoms with E-state index in [9.17, 15) is 34.7 Å². The highest BCUT2D eigenvalue weighted by molar-refractivity contribution is 6.05. The molecular weight excluding hydrogens is 347 g/mol. The third kappa shape index (κ3) is 2.42. The molecule has 26 heavy (non-hydrogen) atoms. The van der Waals surface area contributed by atoms with Crippen LogP contribution in [0, 0.1) is 33.9 Å². The number of halogens is 1. The molecule has 1 aromatic rings. The van der Waals surface area contributed by atoms with Gasteiger partial charge in [-0.1, -0.05) is 12.1 Å². The standard InChI is InChI=1S/C17H13FN2O6/c1-25-14(21)11-12(9-3-5-10(18)6-4-9)16(7-19,8-20)17(23,24)13(11)15(22)26-2/h3-6,12,23-24H,1-2H3. The van der Waals surface area contributed by atoms with Crippen molar-refractivity contribution in [3.05, 3.63) is 46.8 Å². The van der Waals surface area contributed by atoms with Gasteiger partial charge in [-0.3, -0.25) is 0 Å². The van der Waals surface area contributed by atoms with Crippen LogP contribution in [-0.4, -0.2) is 42.2 Å². The molecule has 1 aliphatic carbocycles. The minimum Gasteiger partial charge on any atom is -0.466 e. The van der Waals surface area contributed by atoms with E-state index >= 15 is 0 Å². The first-order chi connectivity index (χ1) is 12.2. The van der Waals surface area contributed by atoms with Gasteiger partial charge in [0.05, 0.1) is 37.8 Å². The Kier molecular flexibility index (Phi) is 4.81. The van der Waals surface area contributed by atoms with Crippen molar-refractivity contribution in [3.8, 4) is 12.1 Å². The Labute approximate surface area is 147 Å². The molecule has 134 valence electrons. The number of carbonyl (C=O) groups excluding carboxylic acids is 2. The fourth-order valence-corrected chi connectivity index (χ4v) is 3.01. The Morgan fingerprint density at radius 2 is 1.58 bits per heavy atom. The summed E-state index contributed by atoms with van der Waals surface area (Å²) in [5, 5.41) is 40.2. The molecule has 8 nitrogen and oxygen atoms in total. The number of benzene rings is 1. The number of esters is 2. The number of carbonyl (C=O) groups is 2. The quantitative estimate of drug-likeness (QED) is 0.578. The average molecular weight is 360 g/mol. The smallest absolute Gasteiger partial charge is 0.339 e. The van der Waals surface area contributed by atoms with Crippen LogP contribution in [0.4, 0.5) is 4.39 Å². The van der Waals surface area contributed by atoms with E-state index < -0.39 is 46.0 Å². The average Bonchev–Trinajstić information content (AvgIpc) is 2.84. The van der Waals surface area contributed by atoms with Gasteiger partial charge in [-0.05, 0) is 17.7 Å². The number of methoxy groups -OCH3 is 2. The minimum absolute atomic E-state index is 0.0290. The number of hydrogen-bond acceptors (Lipinski definition) is 8. The Hall–Kier alpha value is -3.27. The first-order valence-corrected chi connectivity index (χ1v) is 7.15. The maximum Gasteiger partial charge on any atom is 0.339 e. The van der Waals surface area contributed by atoms with Gasteiger partial charge in [-0.25, -0.2) is 14.0 Å². The lowest BCUT2D eigenvalue weighted by atomic mass is 9.71. The van der Waals surface area contributed by atoms with Gasteiger partial charge < -0.3 is 19.7 Å². The SMILES string of the molecule is COC(=O)C1=C(C(=O)OC)C(O)(O)C(C#N)(C#N)C1c1ccc(F)cc1. The van der Waals surface area contributed by atoms with E-state index in [0.717, 1.165) is 38.5 Å². The summed E-state index contributed by atoms with van der Waals surface area (Å²) >= 11 is 0. The maximum atomic E-state index is 13.3. The second kappa shape index (κ2) is 6.56. The molecule has 0 bridgehead atoms. The number of aliphatic hydroxyl groups is 2. The number of ether oxygens (including phenoxy) is 2. The molecule has 0 saturated heterocycles. The van der Waals surface area contributed by atoms with Crippen molar-refractivity contribution in [1.82, 2.24) is 0 Å². The molecule has 0 spiro atoms. The van der Waals surface area contributed by atoms with Gasteiger partial charge in [0.1, 0.15) is 11.4 Å². The zero-order valence-electron chi connectivity index (χ0n) is 13.7. The highest BCUT2D eigenvalue weighted by atomic mass is 19.1. The van der Waals surface area contributed by atoms with Crippen molar-refractivity contribution in [1.29, 1.82) is 10.5 Å². The second-order valence-electron chi connectivity index (χ2n) is 5.46. The molecule has 9 heteroatoms. The minimum atomic E-state index is -3.34. The second-order valence-corrected chi connectivity index (χ2v) is 5.46. The summed E-state index contributed by atoms with van der Waals surface area (Å²) < 4.78 is 22.3. The van der Waals surface area contributed by atoms with Gasteiger partial charge in [-0.2, -0.15) is 10.5 Å². The Morgan fingerprint density at radius 1 is 1.08 bits per heavy atom. The number of nitrogens with zero attached hydrogens (tertiary/aromatic N) is 2. The molecule has 0 saturated carbocycles. The Balaban J connectivity index is 2.94. The molecule has 1 aromatic carbocycles. The van der Waals surface area contributed by atoms with Crippen molar-refractivity contribution in [2.24, 2.45) is 5.41 Å². The fraction of sp³-hybridized carbons (Fsp3) is 0.294. The molecule has 1 aliphatic rings. The molecule has 0 aromatic heterocycles. The molecule has 1 atom stereocenters. The molecule has 0 radical (unpaired) electrons. The first-order valence-electron chi connectivity index (χ1n) is 7.15. The van der Waals surface area contributed by atoms with Gasteiger partial charge in [0, 0.05) is 0 Å². The van der Waals surface area contributed by atoms with Crippen LogP contribution >= 0.6 is 0 Å². The van der Waals surface area contributed by atoms with Gasteiger partial charge in [0.2, 0.25) is 11.2 Å². The molecule has 0 heterocycles. The van der Waals surface area contributed by atoms with E-state index in [2.05, 4.69) is 9.47 Å². The topological polar surface area (TPSA) is 141 Å². The number of rotatable bonds is 3. The van der Waals surface area contributed by atoms with E-state index in [-0.39, 0.29) is 5.56 Å². The third-order valence-corrected chi connectivity index (χ3v) is 4.24. The highest BCUT2D eigenvalue weighted by Crippen LogP contribution is 2.57. The van der Waals surface area contributed by atoms with Crippen LogP contribution in [0.15, 0.2) is 35.4 Å². The van der Waals surface area contributed by atoms with Gasteiger partial charge >= 0.3 is 11.9 Å².